The number of aliphatic hydroxyl groups is 1. The zero-order valence-electron chi connectivity index (χ0n) is 8.56. The maximum Gasteiger partial charge on any atom is 0.125 e. The lowest BCUT2D eigenvalue weighted by molar-refractivity contribution is 0.280. The lowest BCUT2D eigenvalue weighted by Crippen LogP contribution is -2.42. The minimum Gasteiger partial charge on any atom is -0.392 e. The Labute approximate surface area is 83.4 Å². The van der Waals surface area contributed by atoms with Gasteiger partial charge in [0.1, 0.15) is 11.6 Å². The van der Waals surface area contributed by atoms with Gasteiger partial charge in [-0.2, -0.15) is 0 Å². The van der Waals surface area contributed by atoms with Crippen molar-refractivity contribution in [1.82, 2.24) is 0 Å². The average Bonchev–Trinajstić information content (AvgIpc) is 1.99. The maximum atomic E-state index is 13.5. The van der Waals surface area contributed by atoms with Crippen LogP contribution in [0.25, 0.3) is 0 Å². The SMILES string of the molecule is C[Si](C)(C)c1c(F)cc(CO)cc1F. The summed E-state index contributed by atoms with van der Waals surface area (Å²) < 4.78 is 27.0. The van der Waals surface area contributed by atoms with E-state index in [0.29, 0.717) is 0 Å². The first-order valence-electron chi connectivity index (χ1n) is 4.45. The summed E-state index contributed by atoms with van der Waals surface area (Å²) in [5.74, 6) is -1.07. The summed E-state index contributed by atoms with van der Waals surface area (Å²) in [5.41, 5.74) is 0.280. The largest absolute Gasteiger partial charge is 0.392 e. The number of halogens is 2. The van der Waals surface area contributed by atoms with Gasteiger partial charge >= 0.3 is 0 Å². The lowest BCUT2D eigenvalue weighted by Gasteiger charge is -2.18. The molecule has 78 valence electrons. The van der Waals surface area contributed by atoms with Gasteiger partial charge in [0, 0.05) is 5.19 Å². The van der Waals surface area contributed by atoms with E-state index in [0.717, 1.165) is 0 Å². The average molecular weight is 216 g/mol. The topological polar surface area (TPSA) is 20.2 Å². The molecule has 0 aliphatic heterocycles. The Balaban J connectivity index is 3.33. The molecule has 0 saturated heterocycles. The Morgan fingerprint density at radius 1 is 1.14 bits per heavy atom. The van der Waals surface area contributed by atoms with E-state index in [2.05, 4.69) is 0 Å². The van der Waals surface area contributed by atoms with Crippen LogP contribution in [-0.2, 0) is 6.61 Å². The highest BCUT2D eigenvalue weighted by Crippen LogP contribution is 2.12. The number of benzene rings is 1. The summed E-state index contributed by atoms with van der Waals surface area (Å²) >= 11 is 0. The predicted molar refractivity (Wildman–Crippen MR) is 55.3 cm³/mol. The van der Waals surface area contributed by atoms with Gasteiger partial charge in [0.2, 0.25) is 0 Å². The molecule has 1 aromatic rings. The summed E-state index contributed by atoms with van der Waals surface area (Å²) in [5, 5.41) is 8.96. The first kappa shape index (κ1) is 11.3. The third-order valence-electron chi connectivity index (χ3n) is 2.03. The Kier molecular flexibility index (Phi) is 3.06. The number of rotatable bonds is 2. The molecule has 0 bridgehead atoms. The second kappa shape index (κ2) is 3.79. The predicted octanol–water partition coefficient (Wildman–Crippen LogP) is 2.00. The lowest BCUT2D eigenvalue weighted by atomic mass is 10.2. The van der Waals surface area contributed by atoms with Gasteiger partial charge in [-0.05, 0) is 17.7 Å². The van der Waals surface area contributed by atoms with E-state index < -0.39 is 19.7 Å². The molecular weight excluding hydrogens is 202 g/mol. The van der Waals surface area contributed by atoms with Gasteiger partial charge in [0.15, 0.2) is 0 Å². The normalized spacial score (nSPS) is 11.9. The van der Waals surface area contributed by atoms with Crippen molar-refractivity contribution < 1.29 is 13.9 Å². The molecule has 4 heteroatoms. The van der Waals surface area contributed by atoms with Gasteiger partial charge in [-0.3, -0.25) is 0 Å². The van der Waals surface area contributed by atoms with Crippen molar-refractivity contribution in [2.75, 3.05) is 0 Å². The fraction of sp³-hybridized carbons (Fsp3) is 0.400. The molecule has 0 amide bonds. The third kappa shape index (κ3) is 2.19. The molecule has 0 radical (unpaired) electrons. The van der Waals surface area contributed by atoms with Gasteiger partial charge in [-0.1, -0.05) is 19.6 Å². The first-order valence-corrected chi connectivity index (χ1v) is 7.95. The van der Waals surface area contributed by atoms with Crippen LogP contribution in [0.2, 0.25) is 19.6 Å². The van der Waals surface area contributed by atoms with E-state index in [1.54, 1.807) is 0 Å². The zero-order chi connectivity index (χ0) is 10.9. The van der Waals surface area contributed by atoms with Gasteiger partial charge in [0.25, 0.3) is 0 Å². The van der Waals surface area contributed by atoms with E-state index in [9.17, 15) is 8.78 Å². The molecule has 14 heavy (non-hydrogen) atoms. The molecule has 0 heterocycles. The second-order valence-corrected chi connectivity index (χ2v) is 9.34. The smallest absolute Gasteiger partial charge is 0.125 e. The standard InChI is InChI=1S/C10H14F2OSi/c1-14(2,3)10-8(11)4-7(6-13)5-9(10)12/h4-5,13H,6H2,1-3H3. The van der Waals surface area contributed by atoms with Gasteiger partial charge in [-0.15, -0.1) is 0 Å². The molecule has 0 aromatic heterocycles. The fourth-order valence-electron chi connectivity index (χ4n) is 1.43. The molecule has 0 atom stereocenters. The van der Waals surface area contributed by atoms with Crippen molar-refractivity contribution in [2.24, 2.45) is 0 Å². The number of aliphatic hydroxyl groups excluding tert-OH is 1. The summed E-state index contributed by atoms with van der Waals surface area (Å²) in [7, 11) is -1.99. The van der Waals surface area contributed by atoms with Crippen molar-refractivity contribution in [2.45, 2.75) is 26.2 Å². The molecule has 1 nitrogen and oxygen atoms in total. The van der Waals surface area contributed by atoms with Gasteiger partial charge in [-0.25, -0.2) is 8.78 Å². The first-order chi connectivity index (χ1) is 6.36. The van der Waals surface area contributed by atoms with Crippen LogP contribution in [0.1, 0.15) is 5.56 Å². The third-order valence-corrected chi connectivity index (χ3v) is 4.01. The van der Waals surface area contributed by atoms with Crippen LogP contribution in [0.15, 0.2) is 12.1 Å². The summed E-state index contributed by atoms with van der Waals surface area (Å²) in [6, 6.07) is 2.41. The fourth-order valence-corrected chi connectivity index (χ4v) is 3.01. The molecule has 1 rings (SSSR count). The van der Waals surface area contributed by atoms with E-state index in [1.165, 1.54) is 12.1 Å². The Morgan fingerprint density at radius 3 is 1.86 bits per heavy atom. The Morgan fingerprint density at radius 2 is 1.57 bits per heavy atom. The van der Waals surface area contributed by atoms with Crippen LogP contribution >= 0.6 is 0 Å². The highest BCUT2D eigenvalue weighted by Gasteiger charge is 2.25. The zero-order valence-corrected chi connectivity index (χ0v) is 9.56. The van der Waals surface area contributed by atoms with Crippen molar-refractivity contribution in [3.63, 3.8) is 0 Å². The van der Waals surface area contributed by atoms with Crippen molar-refractivity contribution in [1.29, 1.82) is 0 Å². The molecule has 0 aliphatic carbocycles. The minimum atomic E-state index is -1.99. The van der Waals surface area contributed by atoms with Crippen LogP contribution in [0.3, 0.4) is 0 Å². The molecule has 0 spiro atoms. The van der Waals surface area contributed by atoms with Crippen LogP contribution < -0.4 is 5.19 Å². The summed E-state index contributed by atoms with van der Waals surface area (Å²) in [6.45, 7) is 5.31. The molecule has 0 fully saturated rings. The van der Waals surface area contributed by atoms with Crippen molar-refractivity contribution >= 4 is 13.3 Å². The van der Waals surface area contributed by atoms with Crippen LogP contribution in [-0.4, -0.2) is 13.2 Å². The van der Waals surface area contributed by atoms with Crippen LogP contribution in [0.5, 0.6) is 0 Å². The molecule has 0 unspecified atom stereocenters. The van der Waals surface area contributed by atoms with Crippen LogP contribution in [0.4, 0.5) is 8.78 Å². The van der Waals surface area contributed by atoms with E-state index >= 15 is 0 Å². The summed E-state index contributed by atoms with van der Waals surface area (Å²) in [6.07, 6.45) is 0. The molecule has 1 aromatic carbocycles. The second-order valence-electron chi connectivity index (χ2n) is 4.34. The van der Waals surface area contributed by atoms with Crippen molar-refractivity contribution in [3.8, 4) is 0 Å². The number of hydrogen-bond donors (Lipinski definition) is 1. The highest BCUT2D eigenvalue weighted by atomic mass is 28.3. The van der Waals surface area contributed by atoms with E-state index in [-0.39, 0.29) is 17.4 Å². The van der Waals surface area contributed by atoms with Crippen LogP contribution in [0, 0.1) is 11.6 Å². The molecule has 0 aliphatic rings. The Hall–Kier alpha value is -0.743. The van der Waals surface area contributed by atoms with E-state index in [4.69, 9.17) is 5.11 Å². The molecule has 0 saturated carbocycles. The Bertz CT molecular complexity index is 321. The molecule has 1 N–H and O–H groups in total. The summed E-state index contributed by atoms with van der Waals surface area (Å²) in [4.78, 5) is 0. The maximum absolute atomic E-state index is 13.5. The van der Waals surface area contributed by atoms with Crippen molar-refractivity contribution in [3.05, 3.63) is 29.3 Å². The molecular formula is C10H14F2OSi. The van der Waals surface area contributed by atoms with Gasteiger partial charge < -0.3 is 5.11 Å². The minimum absolute atomic E-state index is 0.203. The number of hydrogen-bond acceptors (Lipinski definition) is 1. The monoisotopic (exact) mass is 216 g/mol. The van der Waals surface area contributed by atoms with E-state index in [1.807, 2.05) is 19.6 Å². The highest BCUT2D eigenvalue weighted by molar-refractivity contribution is 6.88. The quantitative estimate of drug-likeness (QED) is 0.750. The van der Waals surface area contributed by atoms with Gasteiger partial charge in [0.05, 0.1) is 14.7 Å².